The molecule has 0 N–H and O–H groups in total. The van der Waals surface area contributed by atoms with Crippen LogP contribution in [0, 0.1) is 3.57 Å². The van der Waals surface area contributed by atoms with E-state index < -0.39 is 11.0 Å². The fourth-order valence-electron chi connectivity index (χ4n) is 0.599. The minimum absolute atomic E-state index is 0.379. The second-order valence-corrected chi connectivity index (χ2v) is 3.54. The second kappa shape index (κ2) is 3.91. The summed E-state index contributed by atoms with van der Waals surface area (Å²) < 4.78 is 25.5. The van der Waals surface area contributed by atoms with Crippen LogP contribution >= 0.6 is 22.6 Å². The van der Waals surface area contributed by atoms with E-state index in [0.717, 1.165) is 3.57 Å². The highest BCUT2D eigenvalue weighted by Gasteiger charge is 1.97. The molecule has 0 aromatic heterocycles. The lowest BCUT2D eigenvalue weighted by molar-refractivity contribution is 0.509. The van der Waals surface area contributed by atoms with Crippen LogP contribution in [0.25, 0.3) is 0 Å². The zero-order valence-corrected chi connectivity index (χ0v) is 8.41. The molecule has 0 unspecified atom stereocenters. The molecule has 0 aliphatic carbocycles. The van der Waals surface area contributed by atoms with Crippen molar-refractivity contribution in [3.63, 3.8) is 0 Å². The summed E-state index contributed by atoms with van der Waals surface area (Å²) in [5, 5.41) is 0. The fraction of sp³-hybridized carbons (Fsp3) is 0. The molecule has 60 valence electrons. The van der Waals surface area contributed by atoms with Crippen molar-refractivity contribution >= 4 is 33.6 Å². The molecule has 0 saturated heterocycles. The Labute approximate surface area is 79.7 Å². The average molecular weight is 284 g/mol. The van der Waals surface area contributed by atoms with Crippen LogP contribution in [0.5, 0.6) is 5.75 Å². The van der Waals surface area contributed by atoms with E-state index in [1.54, 1.807) is 18.2 Å². The molecule has 0 bridgehead atoms. The van der Waals surface area contributed by atoms with Crippen molar-refractivity contribution in [1.29, 1.82) is 0 Å². The van der Waals surface area contributed by atoms with Crippen LogP contribution in [0.15, 0.2) is 24.3 Å². The molecule has 1 aromatic carbocycles. The standard InChI is InChI=1S/C6H5IO3S/c7-5-3-1-2-4-6(5)10-11(8)9/h1-4,11H. The van der Waals surface area contributed by atoms with Gasteiger partial charge in [-0.15, -0.1) is 0 Å². The molecule has 3 nitrogen and oxygen atoms in total. The zero-order valence-electron chi connectivity index (χ0n) is 5.36. The Morgan fingerprint density at radius 1 is 1.27 bits per heavy atom. The molecule has 0 fully saturated rings. The van der Waals surface area contributed by atoms with Gasteiger partial charge in [-0.05, 0) is 34.7 Å². The summed E-state index contributed by atoms with van der Waals surface area (Å²) in [7, 11) is -2.80. The van der Waals surface area contributed by atoms with Crippen molar-refractivity contribution in [1.82, 2.24) is 0 Å². The van der Waals surface area contributed by atoms with Crippen LogP contribution in [0.1, 0.15) is 0 Å². The Balaban J connectivity index is 2.94. The molecule has 0 saturated carbocycles. The van der Waals surface area contributed by atoms with E-state index in [0.29, 0.717) is 5.75 Å². The van der Waals surface area contributed by atoms with Crippen LogP contribution in [-0.2, 0) is 11.0 Å². The van der Waals surface area contributed by atoms with Crippen molar-refractivity contribution in [2.45, 2.75) is 0 Å². The lowest BCUT2D eigenvalue weighted by Gasteiger charge is -1.98. The number of thiol groups is 1. The van der Waals surface area contributed by atoms with Crippen molar-refractivity contribution in [2.24, 2.45) is 0 Å². The van der Waals surface area contributed by atoms with Crippen molar-refractivity contribution in [3.8, 4) is 5.75 Å². The minimum Gasteiger partial charge on any atom is -0.383 e. The first-order valence-corrected chi connectivity index (χ1v) is 4.94. The Bertz CT molecular complexity index is 313. The number of hydrogen-bond acceptors (Lipinski definition) is 3. The summed E-state index contributed by atoms with van der Waals surface area (Å²) in [6, 6.07) is 6.91. The van der Waals surface area contributed by atoms with Crippen LogP contribution in [-0.4, -0.2) is 8.42 Å². The molecular weight excluding hydrogens is 279 g/mol. The van der Waals surface area contributed by atoms with E-state index in [4.69, 9.17) is 0 Å². The van der Waals surface area contributed by atoms with E-state index >= 15 is 0 Å². The molecular formula is C6H5IO3S. The lowest BCUT2D eigenvalue weighted by Crippen LogP contribution is -1.91. The van der Waals surface area contributed by atoms with E-state index in [1.807, 2.05) is 28.7 Å². The topological polar surface area (TPSA) is 43.4 Å². The van der Waals surface area contributed by atoms with Gasteiger partial charge in [0.25, 0.3) is 11.0 Å². The van der Waals surface area contributed by atoms with Gasteiger partial charge in [0.15, 0.2) is 5.75 Å². The first-order chi connectivity index (χ1) is 5.20. The number of rotatable bonds is 2. The van der Waals surface area contributed by atoms with Crippen LogP contribution < -0.4 is 4.18 Å². The Morgan fingerprint density at radius 3 is 2.45 bits per heavy atom. The largest absolute Gasteiger partial charge is 0.383 e. The summed E-state index contributed by atoms with van der Waals surface area (Å²) in [4.78, 5) is 0. The molecule has 0 atom stereocenters. The van der Waals surface area contributed by atoms with Crippen LogP contribution in [0.3, 0.4) is 0 Å². The SMILES string of the molecule is O=[SH](=O)Oc1ccccc1I. The van der Waals surface area contributed by atoms with Gasteiger partial charge in [-0.1, -0.05) is 12.1 Å². The lowest BCUT2D eigenvalue weighted by atomic mass is 10.3. The van der Waals surface area contributed by atoms with Crippen molar-refractivity contribution < 1.29 is 12.6 Å². The van der Waals surface area contributed by atoms with Gasteiger partial charge in [0.2, 0.25) is 0 Å². The summed E-state index contributed by atoms with van der Waals surface area (Å²) in [5.41, 5.74) is 0. The fourth-order valence-corrected chi connectivity index (χ4v) is 1.59. The van der Waals surface area contributed by atoms with Gasteiger partial charge in [0, 0.05) is 0 Å². The van der Waals surface area contributed by atoms with Crippen LogP contribution in [0.4, 0.5) is 0 Å². The average Bonchev–Trinajstić information content (AvgIpc) is 1.93. The monoisotopic (exact) mass is 284 g/mol. The number of halogens is 1. The summed E-state index contributed by atoms with van der Waals surface area (Å²) >= 11 is 2.00. The molecule has 0 amide bonds. The first kappa shape index (κ1) is 8.79. The van der Waals surface area contributed by atoms with Gasteiger partial charge in [-0.2, -0.15) is 8.42 Å². The number of hydrogen-bond donors (Lipinski definition) is 1. The maximum Gasteiger partial charge on any atom is 0.299 e. The number of para-hydroxylation sites is 1. The molecule has 0 spiro atoms. The van der Waals surface area contributed by atoms with E-state index in [-0.39, 0.29) is 0 Å². The van der Waals surface area contributed by atoms with Crippen LogP contribution in [0.2, 0.25) is 0 Å². The van der Waals surface area contributed by atoms with E-state index in [9.17, 15) is 8.42 Å². The zero-order chi connectivity index (χ0) is 8.27. The van der Waals surface area contributed by atoms with Gasteiger partial charge in [0.05, 0.1) is 3.57 Å². The molecule has 5 heteroatoms. The highest BCUT2D eigenvalue weighted by molar-refractivity contribution is 14.1. The van der Waals surface area contributed by atoms with Gasteiger partial charge in [-0.3, -0.25) is 0 Å². The predicted octanol–water partition coefficient (Wildman–Crippen LogP) is 1.20. The Morgan fingerprint density at radius 2 is 1.91 bits per heavy atom. The molecule has 1 aromatic rings. The molecule has 0 aliphatic heterocycles. The van der Waals surface area contributed by atoms with Gasteiger partial charge in [0.1, 0.15) is 0 Å². The minimum atomic E-state index is -2.80. The molecule has 0 heterocycles. The highest BCUT2D eigenvalue weighted by Crippen LogP contribution is 2.19. The third-order valence-electron chi connectivity index (χ3n) is 1.01. The summed E-state index contributed by atoms with van der Waals surface area (Å²) in [6.07, 6.45) is 0. The van der Waals surface area contributed by atoms with Crippen molar-refractivity contribution in [3.05, 3.63) is 27.8 Å². The van der Waals surface area contributed by atoms with Gasteiger partial charge in [-0.25, -0.2) is 0 Å². The maximum atomic E-state index is 10.1. The predicted molar refractivity (Wildman–Crippen MR) is 50.1 cm³/mol. The third-order valence-corrected chi connectivity index (χ3v) is 2.25. The maximum absolute atomic E-state index is 10.1. The van der Waals surface area contributed by atoms with E-state index in [2.05, 4.69) is 4.18 Å². The van der Waals surface area contributed by atoms with Gasteiger partial charge >= 0.3 is 0 Å². The smallest absolute Gasteiger partial charge is 0.299 e. The molecule has 1 rings (SSSR count). The van der Waals surface area contributed by atoms with E-state index in [1.165, 1.54) is 0 Å². The number of benzene rings is 1. The molecule has 0 radical (unpaired) electrons. The molecule has 0 aliphatic rings. The summed E-state index contributed by atoms with van der Waals surface area (Å²) in [6.45, 7) is 0. The normalized spacial score (nSPS) is 10.0. The second-order valence-electron chi connectivity index (χ2n) is 1.75. The Kier molecular flexibility index (Phi) is 3.13. The quantitative estimate of drug-likeness (QED) is 0.655. The third kappa shape index (κ3) is 2.66. The van der Waals surface area contributed by atoms with Gasteiger partial charge < -0.3 is 4.18 Å². The molecule has 11 heavy (non-hydrogen) atoms. The Hall–Kier alpha value is -0.300. The first-order valence-electron chi connectivity index (χ1n) is 2.77. The summed E-state index contributed by atoms with van der Waals surface area (Å²) in [5.74, 6) is 0.379. The van der Waals surface area contributed by atoms with Crippen molar-refractivity contribution in [2.75, 3.05) is 0 Å². The highest BCUT2D eigenvalue weighted by atomic mass is 127.